The average Bonchev–Trinajstić information content (AvgIpc) is 3.00. The van der Waals surface area contributed by atoms with Gasteiger partial charge in [-0.3, -0.25) is 4.57 Å². The molecule has 2 N–H and O–H groups in total. The third-order valence-electron chi connectivity index (χ3n) is 2.72. The fourth-order valence-corrected chi connectivity index (χ4v) is 1.86. The molecule has 0 unspecified atom stereocenters. The van der Waals surface area contributed by atoms with E-state index in [0.717, 1.165) is 5.56 Å². The molecule has 106 valence electrons. The molecule has 3 aromatic rings. The summed E-state index contributed by atoms with van der Waals surface area (Å²) >= 11 is 5.90. The van der Waals surface area contributed by atoms with Gasteiger partial charge in [-0.15, -0.1) is 0 Å². The minimum atomic E-state index is 0.0990. The molecule has 8 heteroatoms. The van der Waals surface area contributed by atoms with E-state index in [4.69, 9.17) is 11.6 Å². The minimum absolute atomic E-state index is 0.0990. The number of nitrogens with one attached hydrogen (secondary N) is 1. The monoisotopic (exact) mass is 302 g/mol. The Hall–Kier alpha value is -2.67. The number of phenols is 1. The van der Waals surface area contributed by atoms with Crippen LogP contribution in [-0.2, 0) is 6.54 Å². The van der Waals surface area contributed by atoms with Crippen molar-refractivity contribution in [2.75, 3.05) is 5.32 Å². The van der Waals surface area contributed by atoms with Gasteiger partial charge in [0.05, 0.1) is 0 Å². The number of halogens is 1. The van der Waals surface area contributed by atoms with Gasteiger partial charge < -0.3 is 10.4 Å². The van der Waals surface area contributed by atoms with Crippen molar-refractivity contribution in [1.29, 1.82) is 0 Å². The number of phenolic OH excluding ortho intramolecular Hbond substituents is 1. The molecule has 3 rings (SSSR count). The topological polar surface area (TPSA) is 88.8 Å². The molecule has 7 nitrogen and oxygen atoms in total. The first-order chi connectivity index (χ1) is 10.2. The van der Waals surface area contributed by atoms with E-state index < -0.39 is 0 Å². The van der Waals surface area contributed by atoms with Crippen LogP contribution in [0.4, 0.5) is 5.95 Å². The molecular weight excluding hydrogens is 292 g/mol. The zero-order valence-electron chi connectivity index (χ0n) is 10.8. The van der Waals surface area contributed by atoms with Gasteiger partial charge in [0.2, 0.25) is 17.2 Å². The van der Waals surface area contributed by atoms with Gasteiger partial charge >= 0.3 is 0 Å². The molecule has 21 heavy (non-hydrogen) atoms. The van der Waals surface area contributed by atoms with Crippen LogP contribution < -0.4 is 5.32 Å². The van der Waals surface area contributed by atoms with E-state index in [1.807, 2.05) is 12.1 Å². The van der Waals surface area contributed by atoms with E-state index in [9.17, 15) is 5.11 Å². The standard InChI is InChI=1S/C13H11ClN6O/c14-11-17-12(16-7-9-1-3-10(21)4-2-9)19-13(18-11)20-6-5-15-8-20/h1-6,8,21H,7H2,(H,16,17,18,19). The predicted octanol–water partition coefficient (Wildman–Crippen LogP) is 2.03. The van der Waals surface area contributed by atoms with Crippen molar-refractivity contribution < 1.29 is 5.11 Å². The van der Waals surface area contributed by atoms with Crippen LogP contribution in [0.15, 0.2) is 43.0 Å². The Balaban J connectivity index is 1.78. The van der Waals surface area contributed by atoms with Gasteiger partial charge in [0, 0.05) is 18.9 Å². The van der Waals surface area contributed by atoms with Gasteiger partial charge in [0.25, 0.3) is 0 Å². The zero-order chi connectivity index (χ0) is 14.7. The second kappa shape index (κ2) is 5.76. The number of nitrogens with zero attached hydrogens (tertiary/aromatic N) is 5. The summed E-state index contributed by atoms with van der Waals surface area (Å²) in [5.74, 6) is 0.983. The molecule has 0 spiro atoms. The number of rotatable bonds is 4. The SMILES string of the molecule is Oc1ccc(CNc2nc(Cl)nc(-n3ccnc3)n2)cc1. The van der Waals surface area contributed by atoms with Crippen LogP contribution in [0.1, 0.15) is 5.56 Å². The van der Waals surface area contributed by atoms with Crippen LogP contribution in [0, 0.1) is 0 Å². The molecule has 1 aromatic carbocycles. The van der Waals surface area contributed by atoms with Gasteiger partial charge in [-0.25, -0.2) is 4.98 Å². The molecule has 2 heterocycles. The highest BCUT2D eigenvalue weighted by Crippen LogP contribution is 2.13. The van der Waals surface area contributed by atoms with E-state index in [0.29, 0.717) is 18.4 Å². The molecule has 0 radical (unpaired) electrons. The average molecular weight is 303 g/mol. The van der Waals surface area contributed by atoms with Crippen molar-refractivity contribution in [2.24, 2.45) is 0 Å². The highest BCUT2D eigenvalue weighted by molar-refractivity contribution is 6.28. The number of hydrogen-bond donors (Lipinski definition) is 2. The molecule has 2 aromatic heterocycles. The van der Waals surface area contributed by atoms with Crippen molar-refractivity contribution in [1.82, 2.24) is 24.5 Å². The lowest BCUT2D eigenvalue weighted by atomic mass is 10.2. The van der Waals surface area contributed by atoms with Crippen LogP contribution >= 0.6 is 11.6 Å². The lowest BCUT2D eigenvalue weighted by molar-refractivity contribution is 0.475. The summed E-state index contributed by atoms with van der Waals surface area (Å²) in [6, 6.07) is 6.85. The van der Waals surface area contributed by atoms with Gasteiger partial charge in [-0.2, -0.15) is 15.0 Å². The van der Waals surface area contributed by atoms with Crippen LogP contribution in [0.25, 0.3) is 5.95 Å². The number of anilines is 1. The van der Waals surface area contributed by atoms with Crippen molar-refractivity contribution in [3.8, 4) is 11.7 Å². The van der Waals surface area contributed by atoms with Crippen molar-refractivity contribution in [2.45, 2.75) is 6.54 Å². The zero-order valence-corrected chi connectivity index (χ0v) is 11.6. The Labute approximate surface area is 125 Å². The molecule has 0 amide bonds. The second-order valence-electron chi connectivity index (χ2n) is 4.22. The maximum Gasteiger partial charge on any atom is 0.241 e. The molecular formula is C13H11ClN6O. The van der Waals surface area contributed by atoms with Crippen molar-refractivity contribution >= 4 is 17.5 Å². The van der Waals surface area contributed by atoms with Crippen molar-refractivity contribution in [3.63, 3.8) is 0 Å². The second-order valence-corrected chi connectivity index (χ2v) is 4.56. The number of benzene rings is 1. The van der Waals surface area contributed by atoms with E-state index in [1.54, 1.807) is 35.4 Å². The Morgan fingerprint density at radius 3 is 2.67 bits per heavy atom. The third kappa shape index (κ3) is 3.26. The van der Waals surface area contributed by atoms with Gasteiger partial charge in [-0.05, 0) is 29.3 Å². The fraction of sp³-hybridized carbons (Fsp3) is 0.0769. The Morgan fingerprint density at radius 1 is 1.14 bits per heavy atom. The normalized spacial score (nSPS) is 10.5. The Morgan fingerprint density at radius 2 is 1.95 bits per heavy atom. The van der Waals surface area contributed by atoms with Crippen LogP contribution in [0.5, 0.6) is 5.75 Å². The summed E-state index contributed by atoms with van der Waals surface area (Å²) in [7, 11) is 0. The fourth-order valence-electron chi connectivity index (χ4n) is 1.71. The van der Waals surface area contributed by atoms with Crippen LogP contribution in [0.3, 0.4) is 0 Å². The summed E-state index contributed by atoms with van der Waals surface area (Å²) in [6.07, 6.45) is 4.92. The molecule has 0 saturated carbocycles. The maximum atomic E-state index is 9.24. The molecule has 0 aliphatic heterocycles. The molecule has 0 bridgehead atoms. The summed E-state index contributed by atoms with van der Waals surface area (Å²) in [5, 5.41) is 12.4. The number of aromatic hydroxyl groups is 1. The van der Waals surface area contributed by atoms with E-state index in [-0.39, 0.29) is 11.0 Å². The van der Waals surface area contributed by atoms with Crippen LogP contribution in [0.2, 0.25) is 5.28 Å². The Bertz CT molecular complexity index is 729. The highest BCUT2D eigenvalue weighted by Gasteiger charge is 2.06. The molecule has 0 fully saturated rings. The molecule has 0 saturated heterocycles. The minimum Gasteiger partial charge on any atom is -0.508 e. The molecule has 0 atom stereocenters. The summed E-state index contributed by atoms with van der Waals surface area (Å²) in [4.78, 5) is 16.3. The third-order valence-corrected chi connectivity index (χ3v) is 2.89. The van der Waals surface area contributed by atoms with Gasteiger partial charge in [0.1, 0.15) is 12.1 Å². The van der Waals surface area contributed by atoms with E-state index >= 15 is 0 Å². The lowest BCUT2D eigenvalue weighted by Gasteiger charge is -2.07. The Kier molecular flexibility index (Phi) is 3.65. The first-order valence-corrected chi connectivity index (χ1v) is 6.50. The predicted molar refractivity (Wildman–Crippen MR) is 77.4 cm³/mol. The summed E-state index contributed by atoms with van der Waals surface area (Å²) in [5.41, 5.74) is 0.980. The highest BCUT2D eigenvalue weighted by atomic mass is 35.5. The molecule has 0 aliphatic carbocycles. The lowest BCUT2D eigenvalue weighted by Crippen LogP contribution is -2.08. The summed E-state index contributed by atoms with van der Waals surface area (Å²) < 4.78 is 1.64. The number of aromatic nitrogens is 5. The molecule has 0 aliphatic rings. The number of imidazole rings is 1. The first-order valence-electron chi connectivity index (χ1n) is 6.12. The largest absolute Gasteiger partial charge is 0.508 e. The summed E-state index contributed by atoms with van der Waals surface area (Å²) in [6.45, 7) is 0.504. The van der Waals surface area contributed by atoms with Gasteiger partial charge in [0.15, 0.2) is 0 Å². The quantitative estimate of drug-likeness (QED) is 0.766. The maximum absolute atomic E-state index is 9.24. The number of hydrogen-bond acceptors (Lipinski definition) is 6. The van der Waals surface area contributed by atoms with E-state index in [2.05, 4.69) is 25.3 Å². The van der Waals surface area contributed by atoms with Crippen molar-refractivity contribution in [3.05, 3.63) is 53.8 Å². The van der Waals surface area contributed by atoms with E-state index in [1.165, 1.54) is 0 Å². The smallest absolute Gasteiger partial charge is 0.241 e. The van der Waals surface area contributed by atoms with Crippen LogP contribution in [-0.4, -0.2) is 29.6 Å². The van der Waals surface area contributed by atoms with Gasteiger partial charge in [-0.1, -0.05) is 12.1 Å². The first kappa shape index (κ1) is 13.3.